The van der Waals surface area contributed by atoms with Gasteiger partial charge in [0.25, 0.3) is 5.56 Å². The van der Waals surface area contributed by atoms with E-state index in [1.165, 1.54) is 0 Å². The summed E-state index contributed by atoms with van der Waals surface area (Å²) in [5.74, 6) is 0.502. The fourth-order valence-electron chi connectivity index (χ4n) is 2.38. The Kier molecular flexibility index (Phi) is 4.08. The van der Waals surface area contributed by atoms with E-state index in [1.807, 2.05) is 19.1 Å². The van der Waals surface area contributed by atoms with Gasteiger partial charge in [0.1, 0.15) is 5.82 Å². The molecule has 3 rings (SSSR count). The molecule has 0 spiro atoms. The Labute approximate surface area is 141 Å². The molecule has 8 heteroatoms. The van der Waals surface area contributed by atoms with E-state index in [0.29, 0.717) is 28.0 Å². The molecule has 0 radical (unpaired) electrons. The lowest BCUT2D eigenvalue weighted by Crippen LogP contribution is -2.15. The van der Waals surface area contributed by atoms with Gasteiger partial charge in [-0.25, -0.2) is 4.99 Å². The molecule has 1 aromatic carbocycles. The van der Waals surface area contributed by atoms with Crippen molar-refractivity contribution < 1.29 is 0 Å². The maximum atomic E-state index is 12.0. The first kappa shape index (κ1) is 15.3. The fourth-order valence-corrected chi connectivity index (χ4v) is 2.88. The molecule has 3 N–H and O–H groups in total. The Hall–Kier alpha value is -1.63. The Morgan fingerprint density at radius 1 is 1.27 bits per heavy atom. The van der Waals surface area contributed by atoms with Gasteiger partial charge in [0, 0.05) is 12.1 Å². The maximum Gasteiger partial charge on any atom is 0.279 e. The molecule has 1 aliphatic rings. The largest absolute Gasteiger partial charge is 0.362 e. The zero-order valence-corrected chi connectivity index (χ0v) is 13.9. The van der Waals surface area contributed by atoms with Crippen LogP contribution in [0.5, 0.6) is 0 Å². The lowest BCUT2D eigenvalue weighted by atomic mass is 10.0. The maximum absolute atomic E-state index is 12.0. The number of anilines is 1. The van der Waals surface area contributed by atoms with Gasteiger partial charge in [-0.3, -0.25) is 9.78 Å². The Balaban J connectivity index is 2.09. The zero-order valence-electron chi connectivity index (χ0n) is 11.5. The molecular weight excluding hydrogens is 343 g/mol. The van der Waals surface area contributed by atoms with Crippen LogP contribution in [0.1, 0.15) is 24.9 Å². The molecule has 0 saturated heterocycles. The second-order valence-corrected chi connectivity index (χ2v) is 6.28. The van der Waals surface area contributed by atoms with E-state index in [0.717, 1.165) is 11.3 Å². The van der Waals surface area contributed by atoms with Gasteiger partial charge < -0.3 is 10.3 Å². The van der Waals surface area contributed by atoms with E-state index in [1.54, 1.807) is 6.07 Å². The van der Waals surface area contributed by atoms with Gasteiger partial charge in [-0.05, 0) is 36.8 Å². The summed E-state index contributed by atoms with van der Waals surface area (Å²) in [6.45, 7) is 1.88. The number of aromatic nitrogens is 2. The summed E-state index contributed by atoms with van der Waals surface area (Å²) in [6.07, 6.45) is 0.632. The molecule has 0 fully saturated rings. The average molecular weight is 355 g/mol. The standard InChI is InChI=1S/C14H12Cl2N4OS/c1-6-4-10(7-2-3-8(15)9(16)5-7)18-12-11(17-6)13(21)20-14(22)19-12/h2-3,5,10H,4H2,1H3,(H3,18,19,20,21,22)/t10-/m1/s1. The van der Waals surface area contributed by atoms with Crippen molar-refractivity contribution in [2.45, 2.75) is 19.4 Å². The summed E-state index contributed by atoms with van der Waals surface area (Å²) in [5.41, 5.74) is 1.77. The van der Waals surface area contributed by atoms with Crippen molar-refractivity contribution in [3.63, 3.8) is 0 Å². The minimum atomic E-state index is -0.319. The van der Waals surface area contributed by atoms with Gasteiger partial charge in [0.05, 0.1) is 16.1 Å². The highest BCUT2D eigenvalue weighted by molar-refractivity contribution is 7.71. The Morgan fingerprint density at radius 3 is 2.77 bits per heavy atom. The van der Waals surface area contributed by atoms with Gasteiger partial charge in [-0.15, -0.1) is 0 Å². The van der Waals surface area contributed by atoms with Crippen LogP contribution in [0.25, 0.3) is 0 Å². The third-order valence-electron chi connectivity index (χ3n) is 3.38. The third kappa shape index (κ3) is 2.95. The quantitative estimate of drug-likeness (QED) is 0.665. The molecule has 1 aliphatic heterocycles. The monoisotopic (exact) mass is 354 g/mol. The summed E-state index contributed by atoms with van der Waals surface area (Å²) in [6, 6.07) is 5.36. The number of benzene rings is 1. The molecule has 1 atom stereocenters. The molecule has 0 saturated carbocycles. The van der Waals surface area contributed by atoms with Crippen LogP contribution in [-0.4, -0.2) is 15.7 Å². The Morgan fingerprint density at radius 2 is 2.05 bits per heavy atom. The predicted molar refractivity (Wildman–Crippen MR) is 92.5 cm³/mol. The fraction of sp³-hybridized carbons (Fsp3) is 0.214. The van der Waals surface area contributed by atoms with Crippen molar-refractivity contribution in [2.24, 2.45) is 4.99 Å². The first-order chi connectivity index (χ1) is 10.4. The van der Waals surface area contributed by atoms with Crippen molar-refractivity contribution in [2.75, 3.05) is 5.32 Å². The number of nitrogens with zero attached hydrogens (tertiary/aromatic N) is 1. The minimum Gasteiger partial charge on any atom is -0.362 e. The molecule has 0 aliphatic carbocycles. The lowest BCUT2D eigenvalue weighted by Gasteiger charge is -2.18. The van der Waals surface area contributed by atoms with Gasteiger partial charge in [0.2, 0.25) is 0 Å². The molecule has 0 unspecified atom stereocenters. The molecular formula is C14H12Cl2N4OS. The highest BCUT2D eigenvalue weighted by Gasteiger charge is 2.21. The number of H-pyrrole nitrogens is 2. The summed E-state index contributed by atoms with van der Waals surface area (Å²) in [5, 5.41) is 4.26. The molecule has 114 valence electrons. The van der Waals surface area contributed by atoms with Crippen molar-refractivity contribution in [1.29, 1.82) is 0 Å². The molecule has 2 heterocycles. The van der Waals surface area contributed by atoms with E-state index >= 15 is 0 Å². The molecule has 1 aromatic heterocycles. The second-order valence-electron chi connectivity index (χ2n) is 5.05. The van der Waals surface area contributed by atoms with E-state index in [2.05, 4.69) is 20.3 Å². The molecule has 0 bridgehead atoms. The predicted octanol–water partition coefficient (Wildman–Crippen LogP) is 4.39. The van der Waals surface area contributed by atoms with Crippen LogP contribution in [0.3, 0.4) is 0 Å². The van der Waals surface area contributed by atoms with E-state index < -0.39 is 0 Å². The van der Waals surface area contributed by atoms with Crippen molar-refractivity contribution in [3.05, 3.63) is 48.9 Å². The van der Waals surface area contributed by atoms with Crippen LogP contribution in [0.15, 0.2) is 28.0 Å². The average Bonchev–Trinajstić information content (AvgIpc) is 2.61. The number of halogens is 2. The second kappa shape index (κ2) is 5.87. The third-order valence-corrected chi connectivity index (χ3v) is 4.33. The number of aromatic amines is 2. The van der Waals surface area contributed by atoms with E-state index in [-0.39, 0.29) is 16.4 Å². The first-order valence-electron chi connectivity index (χ1n) is 6.56. The number of hydrogen-bond acceptors (Lipinski definition) is 4. The van der Waals surface area contributed by atoms with Crippen LogP contribution >= 0.6 is 35.4 Å². The molecule has 0 amide bonds. The number of rotatable bonds is 1. The summed E-state index contributed by atoms with van der Waals surface area (Å²) < 4.78 is 0.249. The molecule has 22 heavy (non-hydrogen) atoms. The zero-order chi connectivity index (χ0) is 15.9. The van der Waals surface area contributed by atoms with E-state index in [4.69, 9.17) is 35.4 Å². The Bertz CT molecular complexity index is 887. The minimum absolute atomic E-state index is 0.0905. The van der Waals surface area contributed by atoms with Gasteiger partial charge in [-0.2, -0.15) is 0 Å². The van der Waals surface area contributed by atoms with Crippen LogP contribution < -0.4 is 10.9 Å². The summed E-state index contributed by atoms with van der Waals surface area (Å²) in [4.78, 5) is 21.8. The molecule has 5 nitrogen and oxygen atoms in total. The highest BCUT2D eigenvalue weighted by Crippen LogP contribution is 2.33. The number of nitrogens with one attached hydrogen (secondary N) is 3. The van der Waals surface area contributed by atoms with Crippen LogP contribution in [0.4, 0.5) is 11.5 Å². The first-order valence-corrected chi connectivity index (χ1v) is 7.72. The summed E-state index contributed by atoms with van der Waals surface area (Å²) >= 11 is 17.1. The SMILES string of the molecule is CC1=Nc2c([nH]c(=S)[nH]c2=O)N[C@@H](c2ccc(Cl)c(Cl)c2)C1. The summed E-state index contributed by atoms with van der Waals surface area (Å²) in [7, 11) is 0. The molecule has 2 aromatic rings. The lowest BCUT2D eigenvalue weighted by molar-refractivity contribution is 0.818. The number of fused-ring (bicyclic) bond motifs is 1. The van der Waals surface area contributed by atoms with Crippen LogP contribution in [0.2, 0.25) is 10.0 Å². The van der Waals surface area contributed by atoms with Crippen molar-refractivity contribution in [1.82, 2.24) is 9.97 Å². The van der Waals surface area contributed by atoms with Crippen LogP contribution in [0, 0.1) is 4.77 Å². The van der Waals surface area contributed by atoms with Crippen LogP contribution in [-0.2, 0) is 0 Å². The van der Waals surface area contributed by atoms with Crippen molar-refractivity contribution in [3.8, 4) is 0 Å². The van der Waals surface area contributed by atoms with Gasteiger partial charge in [0.15, 0.2) is 10.5 Å². The van der Waals surface area contributed by atoms with Gasteiger partial charge >= 0.3 is 0 Å². The van der Waals surface area contributed by atoms with Crippen molar-refractivity contribution >= 4 is 52.6 Å². The van der Waals surface area contributed by atoms with Gasteiger partial charge in [-0.1, -0.05) is 29.3 Å². The van der Waals surface area contributed by atoms with E-state index in [9.17, 15) is 4.79 Å². The topological polar surface area (TPSA) is 73.0 Å². The number of hydrogen-bond donors (Lipinski definition) is 3. The smallest absolute Gasteiger partial charge is 0.279 e. The normalized spacial score (nSPS) is 17.2. The highest BCUT2D eigenvalue weighted by atomic mass is 35.5. The number of aliphatic imine (C=N–C) groups is 1.